The molecule has 0 aromatic heterocycles. The minimum atomic E-state index is -2.87. The molecule has 0 unspecified atom stereocenters. The van der Waals surface area contributed by atoms with Gasteiger partial charge < -0.3 is 15.3 Å². The number of aliphatic hydroxyl groups is 1. The minimum Gasteiger partial charge on any atom is -0.387 e. The lowest BCUT2D eigenvalue weighted by molar-refractivity contribution is 0.0892. The number of β-amino-alcohol motifs (C(OH)–C–C–N with tert-alkyl or cyclic N) is 1. The first kappa shape index (κ1) is 18.4. The first-order chi connectivity index (χ1) is 10.9. The maximum Gasteiger partial charge on any atom is 0.148 e. The fraction of sp³-hybridized carbons (Fsp3) is 0.647. The van der Waals surface area contributed by atoms with Crippen molar-refractivity contribution < 1.29 is 13.5 Å². The first-order valence-electron chi connectivity index (χ1n) is 8.28. The van der Waals surface area contributed by atoms with Crippen molar-refractivity contribution in [3.63, 3.8) is 0 Å². The lowest BCUT2D eigenvalue weighted by atomic mass is 9.96. The molecule has 0 amide bonds. The van der Waals surface area contributed by atoms with E-state index in [0.717, 1.165) is 38.0 Å². The van der Waals surface area contributed by atoms with Crippen LogP contribution in [0.1, 0.15) is 24.5 Å². The molecule has 0 bridgehead atoms. The van der Waals surface area contributed by atoms with E-state index in [1.165, 1.54) is 6.26 Å². The molecule has 1 atom stereocenters. The maximum absolute atomic E-state index is 11.1. The Morgan fingerprint density at radius 2 is 1.91 bits per heavy atom. The summed E-state index contributed by atoms with van der Waals surface area (Å²) in [4.78, 5) is 2.31. The van der Waals surface area contributed by atoms with Gasteiger partial charge in [0.1, 0.15) is 9.84 Å². The van der Waals surface area contributed by atoms with E-state index >= 15 is 0 Å². The normalized spacial score (nSPS) is 18.9. The van der Waals surface area contributed by atoms with Crippen LogP contribution in [0.15, 0.2) is 30.3 Å². The van der Waals surface area contributed by atoms with Gasteiger partial charge in [-0.3, -0.25) is 0 Å². The van der Waals surface area contributed by atoms with Crippen LogP contribution in [0, 0.1) is 5.92 Å². The Morgan fingerprint density at radius 1 is 1.26 bits per heavy atom. The van der Waals surface area contributed by atoms with Gasteiger partial charge in [-0.05, 0) is 44.0 Å². The van der Waals surface area contributed by atoms with Gasteiger partial charge in [-0.25, -0.2) is 8.42 Å². The molecule has 1 aliphatic rings. The Labute approximate surface area is 139 Å². The van der Waals surface area contributed by atoms with Crippen molar-refractivity contribution in [3.05, 3.63) is 35.9 Å². The fourth-order valence-electron chi connectivity index (χ4n) is 2.96. The summed E-state index contributed by atoms with van der Waals surface area (Å²) in [5, 5.41) is 13.5. The lowest BCUT2D eigenvalue weighted by Crippen LogP contribution is -2.39. The Morgan fingerprint density at radius 3 is 2.52 bits per heavy atom. The molecule has 0 saturated carbocycles. The van der Waals surface area contributed by atoms with E-state index in [9.17, 15) is 13.5 Å². The molecule has 1 aromatic carbocycles. The summed E-state index contributed by atoms with van der Waals surface area (Å²) in [5.74, 6) is 0.800. The van der Waals surface area contributed by atoms with Crippen molar-refractivity contribution in [2.75, 3.05) is 44.7 Å². The molecule has 2 rings (SSSR count). The summed E-state index contributed by atoms with van der Waals surface area (Å²) in [6.07, 6.45) is 3.02. The summed E-state index contributed by atoms with van der Waals surface area (Å²) in [6, 6.07) is 9.78. The number of hydrogen-bond donors (Lipinski definition) is 2. The third-order valence-electron chi connectivity index (χ3n) is 4.41. The molecular formula is C17H28N2O3S. The summed E-state index contributed by atoms with van der Waals surface area (Å²) in [6.45, 7) is 4.07. The summed E-state index contributed by atoms with van der Waals surface area (Å²) < 4.78 is 22.1. The Kier molecular flexibility index (Phi) is 7.02. The minimum absolute atomic E-state index is 0.203. The second-order valence-corrected chi connectivity index (χ2v) is 8.76. The molecule has 0 aliphatic carbocycles. The number of likely N-dealkylation sites (tertiary alicyclic amines) is 1. The molecule has 6 heteroatoms. The van der Waals surface area contributed by atoms with Gasteiger partial charge in [0.25, 0.3) is 0 Å². The van der Waals surface area contributed by atoms with Gasteiger partial charge in [0.2, 0.25) is 0 Å². The van der Waals surface area contributed by atoms with Crippen LogP contribution in [0.5, 0.6) is 0 Å². The van der Waals surface area contributed by atoms with E-state index in [1.54, 1.807) is 0 Å². The molecule has 1 heterocycles. The number of piperidine rings is 1. The fourth-order valence-corrected chi connectivity index (χ4v) is 3.48. The van der Waals surface area contributed by atoms with Crippen LogP contribution in [-0.2, 0) is 9.84 Å². The molecule has 1 saturated heterocycles. The molecule has 1 aromatic rings. The van der Waals surface area contributed by atoms with Gasteiger partial charge >= 0.3 is 0 Å². The topological polar surface area (TPSA) is 69.6 Å². The third kappa shape index (κ3) is 6.99. The quantitative estimate of drug-likeness (QED) is 0.693. The molecule has 2 N–H and O–H groups in total. The molecular weight excluding hydrogens is 312 g/mol. The Balaban J connectivity index is 1.64. The lowest BCUT2D eigenvalue weighted by Gasteiger charge is -2.33. The highest BCUT2D eigenvalue weighted by molar-refractivity contribution is 7.90. The standard InChI is InChI=1S/C17H28N2O3S/c1-23(21,22)12-9-18-13-15-7-10-19(11-8-15)14-17(20)16-5-3-2-4-6-16/h2-6,15,17-18,20H,7-14H2,1H3/t17-/m0/s1. The van der Waals surface area contributed by atoms with Crippen LogP contribution in [0.4, 0.5) is 0 Å². The van der Waals surface area contributed by atoms with E-state index in [1.807, 2.05) is 30.3 Å². The van der Waals surface area contributed by atoms with Crippen LogP contribution < -0.4 is 5.32 Å². The third-order valence-corrected chi connectivity index (χ3v) is 5.35. The van der Waals surface area contributed by atoms with Gasteiger partial charge in [0.05, 0.1) is 11.9 Å². The van der Waals surface area contributed by atoms with Gasteiger partial charge in [-0.1, -0.05) is 30.3 Å². The smallest absolute Gasteiger partial charge is 0.148 e. The van der Waals surface area contributed by atoms with E-state index < -0.39 is 15.9 Å². The van der Waals surface area contributed by atoms with Crippen LogP contribution in [-0.4, -0.2) is 63.2 Å². The van der Waals surface area contributed by atoms with E-state index in [4.69, 9.17) is 0 Å². The van der Waals surface area contributed by atoms with Crippen molar-refractivity contribution in [1.29, 1.82) is 0 Å². The van der Waals surface area contributed by atoms with E-state index in [2.05, 4.69) is 10.2 Å². The van der Waals surface area contributed by atoms with Crippen LogP contribution >= 0.6 is 0 Å². The number of sulfone groups is 1. The van der Waals surface area contributed by atoms with Gasteiger partial charge in [-0.2, -0.15) is 0 Å². The molecule has 1 fully saturated rings. The highest BCUT2D eigenvalue weighted by Crippen LogP contribution is 2.20. The van der Waals surface area contributed by atoms with Crippen LogP contribution in [0.25, 0.3) is 0 Å². The Hall–Kier alpha value is -0.950. The number of nitrogens with zero attached hydrogens (tertiary/aromatic N) is 1. The molecule has 23 heavy (non-hydrogen) atoms. The second-order valence-electron chi connectivity index (χ2n) is 6.50. The van der Waals surface area contributed by atoms with E-state index in [0.29, 0.717) is 19.0 Å². The highest BCUT2D eigenvalue weighted by Gasteiger charge is 2.21. The zero-order valence-electron chi connectivity index (χ0n) is 13.8. The predicted octanol–water partition coefficient (Wildman–Crippen LogP) is 1.07. The van der Waals surface area contributed by atoms with Crippen molar-refractivity contribution >= 4 is 9.84 Å². The van der Waals surface area contributed by atoms with Crippen LogP contribution in [0.2, 0.25) is 0 Å². The average Bonchev–Trinajstić information content (AvgIpc) is 2.53. The molecule has 1 aliphatic heterocycles. The number of hydrogen-bond acceptors (Lipinski definition) is 5. The van der Waals surface area contributed by atoms with Gasteiger partial charge in [0.15, 0.2) is 0 Å². The second kappa shape index (κ2) is 8.78. The van der Waals surface area contributed by atoms with Gasteiger partial charge in [0, 0.05) is 19.3 Å². The van der Waals surface area contributed by atoms with Crippen molar-refractivity contribution in [1.82, 2.24) is 10.2 Å². The first-order valence-corrected chi connectivity index (χ1v) is 10.3. The summed E-state index contributed by atoms with van der Waals surface area (Å²) in [5.41, 5.74) is 0.970. The monoisotopic (exact) mass is 340 g/mol. The highest BCUT2D eigenvalue weighted by atomic mass is 32.2. The molecule has 0 radical (unpaired) electrons. The number of benzene rings is 1. The van der Waals surface area contributed by atoms with Crippen molar-refractivity contribution in [2.24, 2.45) is 5.92 Å². The SMILES string of the molecule is CS(=O)(=O)CCNCC1CCN(C[C@H](O)c2ccccc2)CC1. The number of aliphatic hydroxyl groups excluding tert-OH is 1. The maximum atomic E-state index is 11.1. The Bertz CT molecular complexity index is 554. The van der Waals surface area contributed by atoms with Crippen LogP contribution in [0.3, 0.4) is 0 Å². The number of nitrogens with one attached hydrogen (secondary N) is 1. The largest absolute Gasteiger partial charge is 0.387 e. The van der Waals surface area contributed by atoms with Crippen molar-refractivity contribution in [3.8, 4) is 0 Å². The van der Waals surface area contributed by atoms with Crippen molar-refractivity contribution in [2.45, 2.75) is 18.9 Å². The molecule has 5 nitrogen and oxygen atoms in total. The molecule has 0 spiro atoms. The molecule has 130 valence electrons. The number of rotatable bonds is 8. The van der Waals surface area contributed by atoms with Gasteiger partial charge in [-0.15, -0.1) is 0 Å². The van der Waals surface area contributed by atoms with E-state index in [-0.39, 0.29) is 5.75 Å². The average molecular weight is 340 g/mol. The zero-order chi connectivity index (χ0) is 16.7. The summed E-state index contributed by atoms with van der Waals surface area (Å²) >= 11 is 0. The zero-order valence-corrected chi connectivity index (χ0v) is 14.6. The predicted molar refractivity (Wildman–Crippen MR) is 93.1 cm³/mol. The summed E-state index contributed by atoms with van der Waals surface area (Å²) in [7, 11) is -2.87.